The lowest BCUT2D eigenvalue weighted by Crippen LogP contribution is -2.42. The highest BCUT2D eigenvalue weighted by Gasteiger charge is 2.25. The quantitative estimate of drug-likeness (QED) is 0.164. The van der Waals surface area contributed by atoms with Crippen molar-refractivity contribution in [2.45, 2.75) is 19.8 Å². The topological polar surface area (TPSA) is 135 Å². The first-order valence-corrected chi connectivity index (χ1v) is 14.9. The van der Waals surface area contributed by atoms with E-state index in [2.05, 4.69) is 5.32 Å². The lowest BCUT2D eigenvalue weighted by atomic mass is 9.98. The van der Waals surface area contributed by atoms with E-state index in [0.29, 0.717) is 53.1 Å². The van der Waals surface area contributed by atoms with Gasteiger partial charge in [0.25, 0.3) is 0 Å². The number of anilines is 1. The number of urea groups is 1. The Morgan fingerprint density at radius 2 is 1.61 bits per heavy atom. The first-order chi connectivity index (χ1) is 21.3. The van der Waals surface area contributed by atoms with Gasteiger partial charge in [0.05, 0.1) is 12.3 Å². The van der Waals surface area contributed by atoms with Crippen molar-refractivity contribution in [2.75, 3.05) is 31.6 Å². The first kappa shape index (κ1) is 30.4. The largest absolute Gasteiger partial charge is 0.493 e. The highest BCUT2D eigenvalue weighted by molar-refractivity contribution is 7.18. The van der Waals surface area contributed by atoms with E-state index in [0.717, 1.165) is 29.7 Å². The van der Waals surface area contributed by atoms with E-state index in [9.17, 15) is 19.5 Å². The molecule has 0 saturated carbocycles. The summed E-state index contributed by atoms with van der Waals surface area (Å²) in [4.78, 5) is 38.2. The zero-order chi connectivity index (χ0) is 31.1. The number of hydrogen-bond acceptors (Lipinski definition) is 7. The Morgan fingerprint density at radius 1 is 0.909 bits per heavy atom. The van der Waals surface area contributed by atoms with Crippen LogP contribution in [0.2, 0.25) is 0 Å². The number of thiophene rings is 1. The van der Waals surface area contributed by atoms with Crippen molar-refractivity contribution in [3.63, 3.8) is 0 Å². The molecule has 0 aliphatic carbocycles. The van der Waals surface area contributed by atoms with E-state index in [1.54, 1.807) is 11.8 Å². The fraction of sp³-hybridized carbons (Fsp3) is 0.242. The molecular weight excluding hydrogens is 584 g/mol. The summed E-state index contributed by atoms with van der Waals surface area (Å²) in [6, 6.07) is 23.9. The van der Waals surface area contributed by atoms with Crippen LogP contribution in [0.3, 0.4) is 0 Å². The number of para-hydroxylation sites is 3. The fourth-order valence-electron chi connectivity index (χ4n) is 4.93. The predicted octanol–water partition coefficient (Wildman–Crippen LogP) is 7.00. The van der Waals surface area contributed by atoms with Crippen LogP contribution in [0.5, 0.6) is 23.0 Å². The van der Waals surface area contributed by atoms with Gasteiger partial charge >= 0.3 is 18.0 Å². The van der Waals surface area contributed by atoms with Crippen LogP contribution in [0.15, 0.2) is 78.9 Å². The van der Waals surface area contributed by atoms with Gasteiger partial charge in [0.1, 0.15) is 17.2 Å². The molecule has 2 amide bonds. The molecule has 1 fully saturated rings. The number of piperidine rings is 1. The molecule has 0 bridgehead atoms. The van der Waals surface area contributed by atoms with Crippen molar-refractivity contribution in [3.05, 3.63) is 89.3 Å². The Hall–Kier alpha value is -5.03. The van der Waals surface area contributed by atoms with Crippen LogP contribution in [0.4, 0.5) is 10.5 Å². The summed E-state index contributed by atoms with van der Waals surface area (Å²) >= 11 is 1.03. The van der Waals surface area contributed by atoms with Crippen LogP contribution < -0.4 is 19.5 Å². The van der Waals surface area contributed by atoms with Crippen LogP contribution >= 0.6 is 11.3 Å². The molecule has 1 saturated heterocycles. The number of amides is 2. The van der Waals surface area contributed by atoms with Crippen molar-refractivity contribution in [3.8, 4) is 33.4 Å². The van der Waals surface area contributed by atoms with Crippen molar-refractivity contribution in [1.29, 1.82) is 0 Å². The first-order valence-electron chi connectivity index (χ1n) is 14.1. The molecule has 4 aromatic rings. The smallest absolute Gasteiger partial charge is 0.349 e. The number of hydrogen-bond donors (Lipinski definition) is 3. The van der Waals surface area contributed by atoms with Crippen molar-refractivity contribution in [1.82, 2.24) is 4.90 Å². The summed E-state index contributed by atoms with van der Waals surface area (Å²) in [7, 11) is 0. The molecule has 0 atom stereocenters. The van der Waals surface area contributed by atoms with E-state index in [1.165, 1.54) is 0 Å². The number of nitrogens with zero attached hydrogens (tertiary/aromatic N) is 1. The monoisotopic (exact) mass is 616 g/mol. The van der Waals surface area contributed by atoms with E-state index in [4.69, 9.17) is 19.3 Å². The molecule has 0 unspecified atom stereocenters. The number of carbonyl (C=O) groups excluding carboxylic acids is 1. The molecule has 10 nitrogen and oxygen atoms in total. The highest BCUT2D eigenvalue weighted by Crippen LogP contribution is 2.42. The zero-order valence-corrected chi connectivity index (χ0v) is 24.8. The minimum Gasteiger partial charge on any atom is -0.493 e. The maximum absolute atomic E-state index is 13.1. The maximum Gasteiger partial charge on any atom is 0.349 e. The van der Waals surface area contributed by atoms with E-state index in [1.807, 2.05) is 78.9 Å². The lowest BCUT2D eigenvalue weighted by molar-refractivity contribution is -0.139. The van der Waals surface area contributed by atoms with Gasteiger partial charge < -0.3 is 34.6 Å². The molecule has 1 aromatic heterocycles. The van der Waals surface area contributed by atoms with Crippen LogP contribution in [-0.2, 0) is 4.79 Å². The Labute approximate surface area is 258 Å². The molecule has 1 aliphatic rings. The summed E-state index contributed by atoms with van der Waals surface area (Å²) in [5, 5.41) is 21.6. The molecule has 3 aromatic carbocycles. The zero-order valence-electron chi connectivity index (χ0n) is 24.0. The molecule has 5 rings (SSSR count). The molecule has 0 radical (unpaired) electrons. The minimum absolute atomic E-state index is 0.0481. The van der Waals surface area contributed by atoms with Crippen LogP contribution in [0, 0.1) is 12.8 Å². The van der Waals surface area contributed by atoms with Gasteiger partial charge in [-0.1, -0.05) is 42.5 Å². The van der Waals surface area contributed by atoms with Crippen molar-refractivity contribution >= 4 is 35.0 Å². The normalized spacial score (nSPS) is 13.2. The summed E-state index contributed by atoms with van der Waals surface area (Å²) in [5.74, 6) is -0.153. The third kappa shape index (κ3) is 7.48. The summed E-state index contributed by atoms with van der Waals surface area (Å²) in [6.07, 6.45) is 1.57. The molecule has 11 heteroatoms. The standard InChI is InChI=1S/C33H32N2O8S/c1-21-29(42-20-28(36)37)31(32(38)39)44-30(21)23-8-7-11-25(18-23)41-19-22-14-16-35(17-15-22)33(40)34-26-12-5-6-13-27(26)43-24-9-3-2-4-10-24/h2-13,18,22H,14-17,19-20H2,1H3,(H,34,40)(H,36,37)(H,38,39). The summed E-state index contributed by atoms with van der Waals surface area (Å²) in [6.45, 7) is 2.74. The molecule has 3 N–H and O–H groups in total. The molecule has 2 heterocycles. The van der Waals surface area contributed by atoms with E-state index < -0.39 is 18.5 Å². The fourth-order valence-corrected chi connectivity index (χ4v) is 6.02. The Morgan fingerprint density at radius 3 is 2.34 bits per heavy atom. The summed E-state index contributed by atoms with van der Waals surface area (Å²) in [5.41, 5.74) is 1.91. The second-order valence-electron chi connectivity index (χ2n) is 10.3. The maximum atomic E-state index is 13.1. The van der Waals surface area contributed by atoms with Gasteiger partial charge in [-0.05, 0) is 67.6 Å². The van der Waals surface area contributed by atoms with Gasteiger partial charge in [-0.3, -0.25) is 0 Å². The Balaban J connectivity index is 1.15. The Bertz CT molecular complexity index is 1630. The van der Waals surface area contributed by atoms with Gasteiger partial charge in [0.15, 0.2) is 17.2 Å². The molecule has 0 spiro atoms. The number of benzene rings is 3. The predicted molar refractivity (Wildman–Crippen MR) is 166 cm³/mol. The number of nitrogens with one attached hydrogen (secondary N) is 1. The number of carboxylic acid groups (broad SMARTS) is 2. The second kappa shape index (κ2) is 14.0. The van der Waals surface area contributed by atoms with Crippen LogP contribution in [0.1, 0.15) is 28.1 Å². The van der Waals surface area contributed by atoms with Crippen LogP contribution in [0.25, 0.3) is 10.4 Å². The third-order valence-corrected chi connectivity index (χ3v) is 8.52. The van der Waals surface area contributed by atoms with Gasteiger partial charge in [-0.2, -0.15) is 0 Å². The van der Waals surface area contributed by atoms with Gasteiger partial charge in [0.2, 0.25) is 0 Å². The number of rotatable bonds is 11. The highest BCUT2D eigenvalue weighted by atomic mass is 32.1. The van der Waals surface area contributed by atoms with Crippen molar-refractivity contribution < 1.29 is 38.8 Å². The van der Waals surface area contributed by atoms with Crippen LogP contribution in [-0.4, -0.2) is 59.4 Å². The second-order valence-corrected chi connectivity index (χ2v) is 11.3. The third-order valence-electron chi connectivity index (χ3n) is 7.21. The lowest BCUT2D eigenvalue weighted by Gasteiger charge is -2.32. The number of likely N-dealkylation sites (tertiary alicyclic amines) is 1. The minimum atomic E-state index is -1.19. The average molecular weight is 617 g/mol. The number of carboxylic acids is 2. The molecule has 228 valence electrons. The molecular formula is C33H32N2O8S. The number of carbonyl (C=O) groups is 3. The van der Waals surface area contributed by atoms with Crippen molar-refractivity contribution in [2.24, 2.45) is 5.92 Å². The van der Waals surface area contributed by atoms with E-state index >= 15 is 0 Å². The number of ether oxygens (including phenoxy) is 3. The van der Waals surface area contributed by atoms with Gasteiger partial charge in [0, 0.05) is 23.5 Å². The summed E-state index contributed by atoms with van der Waals surface area (Å²) < 4.78 is 17.4. The van der Waals surface area contributed by atoms with Gasteiger partial charge in [-0.25, -0.2) is 14.4 Å². The molecule has 44 heavy (non-hydrogen) atoms. The number of aliphatic carboxylic acids is 1. The SMILES string of the molecule is Cc1c(-c2cccc(OCC3CCN(C(=O)Nc4ccccc4Oc4ccccc4)CC3)c2)sc(C(=O)O)c1OCC(=O)O. The molecule has 1 aliphatic heterocycles. The number of aromatic carboxylic acids is 1. The average Bonchev–Trinajstić information content (AvgIpc) is 3.37. The Kier molecular flexibility index (Phi) is 9.65. The van der Waals surface area contributed by atoms with Gasteiger partial charge in [-0.15, -0.1) is 11.3 Å². The van der Waals surface area contributed by atoms with E-state index in [-0.39, 0.29) is 22.6 Å².